The molecule has 0 saturated heterocycles. The summed E-state index contributed by atoms with van der Waals surface area (Å²) in [5, 5.41) is 8.01. The average Bonchev–Trinajstić information content (AvgIpc) is 2.39. The third-order valence-corrected chi connectivity index (χ3v) is 2.45. The van der Waals surface area contributed by atoms with E-state index < -0.39 is 5.97 Å². The molecule has 0 amide bonds. The SMILES string of the molecule is CCCN(CCC)c1ccc(C(=O)OCC)nn1. The molecule has 0 aliphatic heterocycles. The quantitative estimate of drug-likeness (QED) is 0.696. The van der Waals surface area contributed by atoms with E-state index in [-0.39, 0.29) is 5.69 Å². The van der Waals surface area contributed by atoms with Crippen LogP contribution in [0, 0.1) is 0 Å². The van der Waals surface area contributed by atoms with Gasteiger partial charge in [-0.15, -0.1) is 10.2 Å². The second-order valence-corrected chi connectivity index (χ2v) is 3.98. The van der Waals surface area contributed by atoms with Gasteiger partial charge in [0.2, 0.25) is 0 Å². The highest BCUT2D eigenvalue weighted by Crippen LogP contribution is 2.11. The molecule has 0 atom stereocenters. The predicted octanol–water partition coefficient (Wildman–Crippen LogP) is 2.28. The van der Waals surface area contributed by atoms with Crippen LogP contribution in [0.1, 0.15) is 44.1 Å². The van der Waals surface area contributed by atoms with Crippen molar-refractivity contribution in [2.45, 2.75) is 33.6 Å². The molecule has 0 aliphatic rings. The van der Waals surface area contributed by atoms with Gasteiger partial charge in [0.15, 0.2) is 11.5 Å². The van der Waals surface area contributed by atoms with Gasteiger partial charge in [0.25, 0.3) is 0 Å². The lowest BCUT2D eigenvalue weighted by atomic mass is 10.3. The van der Waals surface area contributed by atoms with E-state index in [4.69, 9.17) is 4.74 Å². The molecule has 0 saturated carbocycles. The zero-order valence-electron chi connectivity index (χ0n) is 11.3. The van der Waals surface area contributed by atoms with Crippen LogP contribution < -0.4 is 4.90 Å². The van der Waals surface area contributed by atoms with Crippen LogP contribution in [-0.2, 0) is 4.74 Å². The number of ether oxygens (including phenoxy) is 1. The van der Waals surface area contributed by atoms with Crippen molar-refractivity contribution >= 4 is 11.8 Å². The van der Waals surface area contributed by atoms with E-state index in [1.54, 1.807) is 13.0 Å². The Morgan fingerprint density at radius 1 is 1.17 bits per heavy atom. The molecule has 1 aromatic rings. The second kappa shape index (κ2) is 7.63. The summed E-state index contributed by atoms with van der Waals surface area (Å²) in [4.78, 5) is 13.6. The van der Waals surface area contributed by atoms with Crippen molar-refractivity contribution in [3.05, 3.63) is 17.8 Å². The maximum absolute atomic E-state index is 11.4. The Balaban J connectivity index is 2.76. The first-order chi connectivity index (χ1) is 8.72. The topological polar surface area (TPSA) is 55.3 Å². The molecule has 0 aliphatic carbocycles. The maximum Gasteiger partial charge on any atom is 0.358 e. The minimum absolute atomic E-state index is 0.258. The molecule has 1 aromatic heterocycles. The molecule has 0 radical (unpaired) electrons. The number of nitrogens with zero attached hydrogens (tertiary/aromatic N) is 3. The summed E-state index contributed by atoms with van der Waals surface area (Å²) in [6, 6.07) is 3.49. The van der Waals surface area contributed by atoms with Gasteiger partial charge >= 0.3 is 5.97 Å². The van der Waals surface area contributed by atoms with Gasteiger partial charge in [0, 0.05) is 13.1 Å². The van der Waals surface area contributed by atoms with Crippen LogP contribution in [0.15, 0.2) is 12.1 Å². The molecule has 0 spiro atoms. The minimum atomic E-state index is -0.422. The van der Waals surface area contributed by atoms with Gasteiger partial charge in [0.05, 0.1) is 6.61 Å². The minimum Gasteiger partial charge on any atom is -0.461 e. The number of anilines is 1. The number of carbonyl (C=O) groups is 1. The second-order valence-electron chi connectivity index (χ2n) is 3.98. The van der Waals surface area contributed by atoms with E-state index in [1.807, 2.05) is 6.07 Å². The van der Waals surface area contributed by atoms with Crippen LogP contribution in [0.2, 0.25) is 0 Å². The predicted molar refractivity (Wildman–Crippen MR) is 70.8 cm³/mol. The Kier molecular flexibility index (Phi) is 6.11. The summed E-state index contributed by atoms with van der Waals surface area (Å²) in [5.41, 5.74) is 0.258. The van der Waals surface area contributed by atoms with E-state index in [2.05, 4.69) is 28.9 Å². The zero-order valence-corrected chi connectivity index (χ0v) is 11.3. The van der Waals surface area contributed by atoms with Crippen LogP contribution in [-0.4, -0.2) is 35.9 Å². The summed E-state index contributed by atoms with van der Waals surface area (Å²) in [7, 11) is 0. The van der Waals surface area contributed by atoms with Crippen molar-refractivity contribution in [2.24, 2.45) is 0 Å². The van der Waals surface area contributed by atoms with Crippen LogP contribution in [0.25, 0.3) is 0 Å². The Labute approximate surface area is 108 Å². The van der Waals surface area contributed by atoms with Crippen LogP contribution >= 0.6 is 0 Å². The molecule has 18 heavy (non-hydrogen) atoms. The lowest BCUT2D eigenvalue weighted by Crippen LogP contribution is -2.26. The lowest BCUT2D eigenvalue weighted by Gasteiger charge is -2.21. The normalized spacial score (nSPS) is 10.2. The zero-order chi connectivity index (χ0) is 13.4. The highest BCUT2D eigenvalue weighted by Gasteiger charge is 2.11. The maximum atomic E-state index is 11.4. The number of carbonyl (C=O) groups excluding carboxylic acids is 1. The molecule has 0 N–H and O–H groups in total. The lowest BCUT2D eigenvalue weighted by molar-refractivity contribution is 0.0518. The largest absolute Gasteiger partial charge is 0.461 e. The van der Waals surface area contributed by atoms with Gasteiger partial charge in [0.1, 0.15) is 0 Å². The molecule has 0 bridgehead atoms. The highest BCUT2D eigenvalue weighted by atomic mass is 16.5. The van der Waals surface area contributed by atoms with Crippen LogP contribution in [0.3, 0.4) is 0 Å². The third kappa shape index (κ3) is 3.98. The molecule has 0 fully saturated rings. The number of rotatable bonds is 7. The number of aromatic nitrogens is 2. The first kappa shape index (κ1) is 14.4. The fourth-order valence-corrected chi connectivity index (χ4v) is 1.69. The van der Waals surface area contributed by atoms with Crippen molar-refractivity contribution < 1.29 is 9.53 Å². The fourth-order valence-electron chi connectivity index (χ4n) is 1.69. The van der Waals surface area contributed by atoms with Crippen molar-refractivity contribution in [3.63, 3.8) is 0 Å². The number of hydrogen-bond donors (Lipinski definition) is 0. The van der Waals surface area contributed by atoms with Gasteiger partial charge in [-0.05, 0) is 31.9 Å². The molecule has 5 heteroatoms. The fraction of sp³-hybridized carbons (Fsp3) is 0.615. The molecule has 100 valence electrons. The van der Waals surface area contributed by atoms with Gasteiger partial charge < -0.3 is 9.64 Å². The Morgan fingerprint density at radius 2 is 1.83 bits per heavy atom. The Morgan fingerprint density at radius 3 is 2.28 bits per heavy atom. The van der Waals surface area contributed by atoms with Crippen molar-refractivity contribution in [1.82, 2.24) is 10.2 Å². The summed E-state index contributed by atoms with van der Waals surface area (Å²) in [6.07, 6.45) is 2.11. The van der Waals surface area contributed by atoms with E-state index in [1.165, 1.54) is 0 Å². The highest BCUT2D eigenvalue weighted by molar-refractivity contribution is 5.87. The van der Waals surface area contributed by atoms with Crippen LogP contribution in [0.4, 0.5) is 5.82 Å². The number of esters is 1. The average molecular weight is 251 g/mol. The van der Waals surface area contributed by atoms with E-state index >= 15 is 0 Å². The van der Waals surface area contributed by atoms with Gasteiger partial charge in [-0.2, -0.15) is 0 Å². The van der Waals surface area contributed by atoms with Crippen LogP contribution in [0.5, 0.6) is 0 Å². The summed E-state index contributed by atoms with van der Waals surface area (Å²) >= 11 is 0. The van der Waals surface area contributed by atoms with Crippen molar-refractivity contribution in [3.8, 4) is 0 Å². The first-order valence-corrected chi connectivity index (χ1v) is 6.48. The molecule has 0 unspecified atom stereocenters. The molecule has 0 aromatic carbocycles. The Hall–Kier alpha value is -1.65. The van der Waals surface area contributed by atoms with Crippen molar-refractivity contribution in [2.75, 3.05) is 24.6 Å². The molecule has 1 heterocycles. The van der Waals surface area contributed by atoms with E-state index in [9.17, 15) is 4.79 Å². The number of hydrogen-bond acceptors (Lipinski definition) is 5. The Bertz CT molecular complexity index is 359. The monoisotopic (exact) mass is 251 g/mol. The third-order valence-electron chi connectivity index (χ3n) is 2.45. The standard InChI is InChI=1S/C13H21N3O2/c1-4-9-16(10-5-2)12-8-7-11(14-15-12)13(17)18-6-3/h7-8H,4-6,9-10H2,1-3H3. The van der Waals surface area contributed by atoms with Gasteiger partial charge in [-0.25, -0.2) is 4.79 Å². The molecule has 1 rings (SSSR count). The van der Waals surface area contributed by atoms with Gasteiger partial charge in [-0.3, -0.25) is 0 Å². The van der Waals surface area contributed by atoms with Gasteiger partial charge in [-0.1, -0.05) is 13.8 Å². The first-order valence-electron chi connectivity index (χ1n) is 6.48. The van der Waals surface area contributed by atoms with E-state index in [0.29, 0.717) is 6.61 Å². The molecular formula is C13H21N3O2. The molecule has 5 nitrogen and oxygen atoms in total. The van der Waals surface area contributed by atoms with Crippen molar-refractivity contribution in [1.29, 1.82) is 0 Å². The smallest absolute Gasteiger partial charge is 0.358 e. The van der Waals surface area contributed by atoms with E-state index in [0.717, 1.165) is 31.7 Å². The summed E-state index contributed by atoms with van der Waals surface area (Å²) in [5.74, 6) is 0.390. The summed E-state index contributed by atoms with van der Waals surface area (Å²) < 4.78 is 4.87. The summed E-state index contributed by atoms with van der Waals surface area (Å²) in [6.45, 7) is 8.26. The molecular weight excluding hydrogens is 230 g/mol.